The number of aromatic nitrogens is 1. The van der Waals surface area contributed by atoms with Crippen LogP contribution in [0.5, 0.6) is 5.75 Å². The number of benzene rings is 2. The van der Waals surface area contributed by atoms with E-state index in [9.17, 15) is 13.6 Å². The number of rotatable bonds is 8. The molecular formula is C26H28F2N2O3. The number of carbonyl (C=O) groups is 1. The van der Waals surface area contributed by atoms with E-state index in [1.165, 1.54) is 23.9 Å². The van der Waals surface area contributed by atoms with Crippen molar-refractivity contribution in [2.24, 2.45) is 5.92 Å². The van der Waals surface area contributed by atoms with Gasteiger partial charge in [0, 0.05) is 32.0 Å². The molecule has 0 saturated carbocycles. The van der Waals surface area contributed by atoms with Gasteiger partial charge in [-0.3, -0.25) is 4.79 Å². The highest BCUT2D eigenvalue weighted by atomic mass is 19.1. The summed E-state index contributed by atoms with van der Waals surface area (Å²) in [5.74, 6) is 0.820. The summed E-state index contributed by atoms with van der Waals surface area (Å²) in [4.78, 5) is 18.7. The SMILES string of the molecule is COc1ccc(CCC2CCN(C(=O)CCc3ncc(-c4ccc(F)cc4F)o3)CC2)cc1. The molecule has 33 heavy (non-hydrogen) atoms. The second-order valence-corrected chi connectivity index (χ2v) is 8.45. The number of ether oxygens (including phenoxy) is 1. The largest absolute Gasteiger partial charge is 0.497 e. The van der Waals surface area contributed by atoms with E-state index in [0.29, 0.717) is 24.7 Å². The minimum absolute atomic E-state index is 0.0799. The molecule has 1 aliphatic heterocycles. The zero-order chi connectivity index (χ0) is 23.2. The molecule has 3 aromatic rings. The van der Waals surface area contributed by atoms with Gasteiger partial charge in [-0.15, -0.1) is 0 Å². The van der Waals surface area contributed by atoms with E-state index in [-0.39, 0.29) is 17.2 Å². The number of hydrogen-bond acceptors (Lipinski definition) is 4. The van der Waals surface area contributed by atoms with Crippen LogP contribution in [0.3, 0.4) is 0 Å². The fourth-order valence-electron chi connectivity index (χ4n) is 4.25. The molecule has 0 spiro atoms. The van der Waals surface area contributed by atoms with Crippen molar-refractivity contribution in [3.05, 3.63) is 71.8 Å². The lowest BCUT2D eigenvalue weighted by Crippen LogP contribution is -2.38. The molecule has 0 atom stereocenters. The van der Waals surface area contributed by atoms with Gasteiger partial charge in [-0.1, -0.05) is 12.1 Å². The molecule has 4 rings (SSSR count). The van der Waals surface area contributed by atoms with Gasteiger partial charge in [-0.25, -0.2) is 13.8 Å². The van der Waals surface area contributed by atoms with Gasteiger partial charge in [0.05, 0.1) is 18.9 Å². The maximum Gasteiger partial charge on any atom is 0.223 e. The van der Waals surface area contributed by atoms with Crippen LogP contribution in [0.1, 0.15) is 37.1 Å². The predicted molar refractivity (Wildman–Crippen MR) is 121 cm³/mol. The third kappa shape index (κ3) is 5.97. The van der Waals surface area contributed by atoms with Gasteiger partial charge >= 0.3 is 0 Å². The van der Waals surface area contributed by atoms with Gasteiger partial charge in [0.1, 0.15) is 17.4 Å². The molecule has 0 radical (unpaired) electrons. The molecule has 0 N–H and O–H groups in total. The van der Waals surface area contributed by atoms with Crippen LogP contribution in [0.2, 0.25) is 0 Å². The summed E-state index contributed by atoms with van der Waals surface area (Å²) < 4.78 is 37.8. The fourth-order valence-corrected chi connectivity index (χ4v) is 4.25. The summed E-state index contributed by atoms with van der Waals surface area (Å²) >= 11 is 0. The van der Waals surface area contributed by atoms with Crippen LogP contribution >= 0.6 is 0 Å². The topological polar surface area (TPSA) is 55.6 Å². The predicted octanol–water partition coefficient (Wildman–Crippen LogP) is 5.43. The number of carbonyl (C=O) groups excluding carboxylic acids is 1. The van der Waals surface area contributed by atoms with Crippen LogP contribution in [0.15, 0.2) is 53.1 Å². The van der Waals surface area contributed by atoms with Gasteiger partial charge in [-0.2, -0.15) is 0 Å². The molecule has 7 heteroatoms. The van der Waals surface area contributed by atoms with Gasteiger partial charge in [0.2, 0.25) is 5.91 Å². The molecule has 0 unspecified atom stereocenters. The van der Waals surface area contributed by atoms with Gasteiger partial charge in [-0.05, 0) is 61.4 Å². The number of methoxy groups -OCH3 is 1. The lowest BCUT2D eigenvalue weighted by molar-refractivity contribution is -0.132. The number of oxazole rings is 1. The minimum atomic E-state index is -0.705. The Kier molecular flexibility index (Phi) is 7.37. The van der Waals surface area contributed by atoms with Crippen molar-refractivity contribution in [3.8, 4) is 17.1 Å². The van der Waals surface area contributed by atoms with Crippen molar-refractivity contribution in [3.63, 3.8) is 0 Å². The molecule has 1 aliphatic rings. The highest BCUT2D eigenvalue weighted by molar-refractivity contribution is 5.76. The van der Waals surface area contributed by atoms with Crippen LogP contribution < -0.4 is 4.74 Å². The van der Waals surface area contributed by atoms with Gasteiger partial charge in [0.25, 0.3) is 0 Å². The van der Waals surface area contributed by atoms with Crippen LogP contribution in [-0.2, 0) is 17.6 Å². The molecule has 5 nitrogen and oxygen atoms in total. The van der Waals surface area contributed by atoms with Crippen molar-refractivity contribution >= 4 is 5.91 Å². The van der Waals surface area contributed by atoms with E-state index in [0.717, 1.165) is 50.6 Å². The fraction of sp³-hybridized carbons (Fsp3) is 0.385. The van der Waals surface area contributed by atoms with E-state index >= 15 is 0 Å². The molecule has 0 aliphatic carbocycles. The maximum absolute atomic E-state index is 13.9. The Balaban J connectivity index is 1.20. The van der Waals surface area contributed by atoms with Crippen LogP contribution in [-0.4, -0.2) is 36.0 Å². The molecule has 0 bridgehead atoms. The number of nitrogens with zero attached hydrogens (tertiary/aromatic N) is 2. The molecule has 1 saturated heterocycles. The Hall–Kier alpha value is -3.22. The number of hydrogen-bond donors (Lipinski definition) is 0. The zero-order valence-electron chi connectivity index (χ0n) is 18.7. The summed E-state index contributed by atoms with van der Waals surface area (Å²) in [5, 5.41) is 0. The summed E-state index contributed by atoms with van der Waals surface area (Å²) in [6.07, 6.45) is 6.22. The first-order chi connectivity index (χ1) is 16.0. The maximum atomic E-state index is 13.9. The first kappa shape index (κ1) is 23.0. The van der Waals surface area contributed by atoms with Crippen LogP contribution in [0, 0.1) is 17.6 Å². The van der Waals surface area contributed by atoms with E-state index in [1.54, 1.807) is 7.11 Å². The monoisotopic (exact) mass is 454 g/mol. The normalized spacial score (nSPS) is 14.5. The van der Waals surface area contributed by atoms with Crippen molar-refractivity contribution in [2.75, 3.05) is 20.2 Å². The minimum Gasteiger partial charge on any atom is -0.497 e. The number of aryl methyl sites for hydroxylation is 2. The van der Waals surface area contributed by atoms with E-state index in [4.69, 9.17) is 9.15 Å². The Morgan fingerprint density at radius 3 is 2.58 bits per heavy atom. The van der Waals surface area contributed by atoms with Crippen molar-refractivity contribution in [1.82, 2.24) is 9.88 Å². The second-order valence-electron chi connectivity index (χ2n) is 8.45. The number of piperidine rings is 1. The first-order valence-corrected chi connectivity index (χ1v) is 11.3. The van der Waals surface area contributed by atoms with E-state index in [1.807, 2.05) is 17.0 Å². The van der Waals surface area contributed by atoms with Crippen molar-refractivity contribution < 1.29 is 22.7 Å². The lowest BCUT2D eigenvalue weighted by atomic mass is 9.90. The van der Waals surface area contributed by atoms with E-state index in [2.05, 4.69) is 17.1 Å². The highest BCUT2D eigenvalue weighted by Crippen LogP contribution is 2.26. The van der Waals surface area contributed by atoms with E-state index < -0.39 is 11.6 Å². The van der Waals surface area contributed by atoms with Crippen LogP contribution in [0.4, 0.5) is 8.78 Å². The Labute approximate surface area is 192 Å². The lowest BCUT2D eigenvalue weighted by Gasteiger charge is -2.32. The summed E-state index contributed by atoms with van der Waals surface area (Å²) in [5.41, 5.74) is 1.46. The summed E-state index contributed by atoms with van der Waals surface area (Å²) in [6, 6.07) is 11.5. The summed E-state index contributed by atoms with van der Waals surface area (Å²) in [7, 11) is 1.67. The number of likely N-dealkylation sites (tertiary alicyclic amines) is 1. The van der Waals surface area contributed by atoms with Crippen molar-refractivity contribution in [2.45, 2.75) is 38.5 Å². The standard InChI is InChI=1S/C26H28F2N2O3/c1-32-21-7-4-18(5-8-21)2-3-19-12-14-30(15-13-19)26(31)11-10-25-29-17-24(33-25)22-9-6-20(27)16-23(22)28/h4-9,16-17,19H,2-3,10-15H2,1H3. The Morgan fingerprint density at radius 2 is 1.88 bits per heavy atom. The smallest absolute Gasteiger partial charge is 0.223 e. The van der Waals surface area contributed by atoms with Gasteiger partial charge < -0.3 is 14.1 Å². The molecule has 174 valence electrons. The molecule has 1 aromatic heterocycles. The highest BCUT2D eigenvalue weighted by Gasteiger charge is 2.23. The average molecular weight is 455 g/mol. The van der Waals surface area contributed by atoms with Gasteiger partial charge in [0.15, 0.2) is 11.7 Å². The molecular weight excluding hydrogens is 426 g/mol. The number of halogens is 2. The molecule has 2 heterocycles. The number of amides is 1. The second kappa shape index (κ2) is 10.6. The zero-order valence-corrected chi connectivity index (χ0v) is 18.7. The Bertz CT molecular complexity index is 1070. The quantitative estimate of drug-likeness (QED) is 0.455. The third-order valence-electron chi connectivity index (χ3n) is 6.27. The van der Waals surface area contributed by atoms with Crippen LogP contribution in [0.25, 0.3) is 11.3 Å². The summed E-state index contributed by atoms with van der Waals surface area (Å²) in [6.45, 7) is 1.54. The Morgan fingerprint density at radius 1 is 1.12 bits per heavy atom. The molecule has 1 fully saturated rings. The molecule has 2 aromatic carbocycles. The van der Waals surface area contributed by atoms with Crippen molar-refractivity contribution in [1.29, 1.82) is 0 Å². The molecule has 1 amide bonds. The average Bonchev–Trinajstić information content (AvgIpc) is 3.30. The first-order valence-electron chi connectivity index (χ1n) is 11.3. The third-order valence-corrected chi connectivity index (χ3v) is 6.27.